The second-order valence-corrected chi connectivity index (χ2v) is 4.95. The largest absolute Gasteiger partial charge is 0.354 e. The van der Waals surface area contributed by atoms with Gasteiger partial charge in [-0.25, -0.2) is 0 Å². The van der Waals surface area contributed by atoms with Gasteiger partial charge in [0.15, 0.2) is 0 Å². The van der Waals surface area contributed by atoms with Gasteiger partial charge in [-0.15, -0.1) is 0 Å². The molecule has 0 aliphatic heterocycles. The van der Waals surface area contributed by atoms with E-state index in [0.29, 0.717) is 27.7 Å². The van der Waals surface area contributed by atoms with Crippen LogP contribution in [0.2, 0.25) is 0 Å². The summed E-state index contributed by atoms with van der Waals surface area (Å²) >= 11 is 0. The van der Waals surface area contributed by atoms with Gasteiger partial charge in [0.05, 0.1) is 11.3 Å². The number of fused-ring (bicyclic) bond motifs is 4. The van der Waals surface area contributed by atoms with Crippen molar-refractivity contribution in [1.82, 2.24) is 4.98 Å². The number of rotatable bonds is 0. The lowest BCUT2D eigenvalue weighted by Gasteiger charge is -2.17. The van der Waals surface area contributed by atoms with E-state index in [1.54, 1.807) is 42.5 Å². The third kappa shape index (κ3) is 1.47. The molecule has 1 aromatic heterocycles. The van der Waals surface area contributed by atoms with Crippen LogP contribution in [0.4, 0.5) is 0 Å². The Morgan fingerprint density at radius 3 is 2.19 bits per heavy atom. The van der Waals surface area contributed by atoms with Gasteiger partial charge in [-0.05, 0) is 12.1 Å². The quantitative estimate of drug-likeness (QED) is 0.641. The van der Waals surface area contributed by atoms with Crippen LogP contribution >= 0.6 is 0 Å². The summed E-state index contributed by atoms with van der Waals surface area (Å²) in [5, 5.41) is 0.414. The van der Waals surface area contributed by atoms with E-state index in [9.17, 15) is 14.4 Å². The lowest BCUT2D eigenvalue weighted by atomic mass is 9.86. The van der Waals surface area contributed by atoms with Gasteiger partial charge in [0.1, 0.15) is 0 Å². The van der Waals surface area contributed by atoms with Gasteiger partial charge >= 0.3 is 0 Å². The number of nitrogens with one attached hydrogen (secondary N) is 1. The number of Topliss-reactive ketones (excluding diaryl/α,β-unsaturated/α-hetero) is 2. The van der Waals surface area contributed by atoms with Gasteiger partial charge in [0.2, 0.25) is 17.0 Å². The molecule has 0 fully saturated rings. The van der Waals surface area contributed by atoms with E-state index in [1.807, 2.05) is 6.07 Å². The summed E-state index contributed by atoms with van der Waals surface area (Å²) in [6, 6.07) is 13.8. The highest BCUT2D eigenvalue weighted by atomic mass is 16.2. The molecule has 0 amide bonds. The third-order valence-corrected chi connectivity index (χ3v) is 3.78. The molecule has 0 unspecified atom stereocenters. The molecular formula is C17H9NO3. The van der Waals surface area contributed by atoms with Gasteiger partial charge in [-0.3, -0.25) is 14.4 Å². The Labute approximate surface area is 119 Å². The molecule has 0 atom stereocenters. The third-order valence-electron chi connectivity index (χ3n) is 3.78. The number of aromatic nitrogens is 1. The van der Waals surface area contributed by atoms with Crippen molar-refractivity contribution in [3.8, 4) is 11.3 Å². The van der Waals surface area contributed by atoms with Crippen LogP contribution < -0.4 is 5.43 Å². The first-order chi connectivity index (χ1) is 10.2. The molecule has 1 N–H and O–H groups in total. The van der Waals surface area contributed by atoms with Crippen molar-refractivity contribution in [1.29, 1.82) is 0 Å². The lowest BCUT2D eigenvalue weighted by Crippen LogP contribution is -2.28. The summed E-state index contributed by atoms with van der Waals surface area (Å²) < 4.78 is 0. The zero-order valence-electron chi connectivity index (χ0n) is 10.8. The van der Waals surface area contributed by atoms with E-state index in [-0.39, 0.29) is 5.56 Å². The zero-order chi connectivity index (χ0) is 14.6. The molecule has 0 radical (unpaired) electrons. The van der Waals surface area contributed by atoms with Crippen LogP contribution in [-0.2, 0) is 0 Å². The van der Waals surface area contributed by atoms with Gasteiger partial charge in [0.25, 0.3) is 0 Å². The van der Waals surface area contributed by atoms with E-state index in [2.05, 4.69) is 4.98 Å². The fourth-order valence-electron chi connectivity index (χ4n) is 2.79. The van der Waals surface area contributed by atoms with E-state index in [4.69, 9.17) is 0 Å². The topological polar surface area (TPSA) is 67.0 Å². The minimum absolute atomic E-state index is 0.0580. The Hall–Kier alpha value is -3.01. The van der Waals surface area contributed by atoms with Gasteiger partial charge in [-0.2, -0.15) is 0 Å². The fraction of sp³-hybridized carbons (Fsp3) is 0. The number of H-pyrrole nitrogens is 1. The average Bonchev–Trinajstić information content (AvgIpc) is 2.52. The van der Waals surface area contributed by atoms with Crippen LogP contribution in [0.3, 0.4) is 0 Å². The number of carbonyl (C=O) groups is 2. The predicted molar refractivity (Wildman–Crippen MR) is 78.7 cm³/mol. The SMILES string of the molecule is O=C1C(=O)c2c([nH]c3ccccc3c2=O)-c2ccccc21. The monoisotopic (exact) mass is 275 g/mol. The van der Waals surface area contributed by atoms with Crippen molar-refractivity contribution in [3.63, 3.8) is 0 Å². The Balaban J connectivity index is 2.23. The molecular weight excluding hydrogens is 266 g/mol. The molecule has 4 heteroatoms. The highest BCUT2D eigenvalue weighted by Crippen LogP contribution is 2.31. The maximum atomic E-state index is 12.5. The second kappa shape index (κ2) is 3.99. The van der Waals surface area contributed by atoms with Crippen LogP contribution in [0.5, 0.6) is 0 Å². The fourth-order valence-corrected chi connectivity index (χ4v) is 2.79. The number of pyridine rings is 1. The minimum atomic E-state index is -0.740. The van der Waals surface area contributed by atoms with Crippen LogP contribution in [0.15, 0.2) is 53.3 Å². The molecule has 0 bridgehead atoms. The van der Waals surface area contributed by atoms with E-state index in [1.165, 1.54) is 0 Å². The average molecular weight is 275 g/mol. The van der Waals surface area contributed by atoms with E-state index in [0.717, 1.165) is 0 Å². The smallest absolute Gasteiger partial charge is 0.239 e. The molecule has 4 nitrogen and oxygen atoms in total. The van der Waals surface area contributed by atoms with Gasteiger partial charge in [0, 0.05) is 22.0 Å². The van der Waals surface area contributed by atoms with Crippen LogP contribution in [0.1, 0.15) is 20.7 Å². The maximum Gasteiger partial charge on any atom is 0.239 e. The summed E-state index contributed by atoms with van der Waals surface area (Å²) in [6.07, 6.45) is 0. The first-order valence-electron chi connectivity index (χ1n) is 6.52. The summed E-state index contributed by atoms with van der Waals surface area (Å²) in [5.74, 6) is -1.37. The van der Waals surface area contributed by atoms with Crippen molar-refractivity contribution in [2.75, 3.05) is 0 Å². The Bertz CT molecular complexity index is 998. The zero-order valence-corrected chi connectivity index (χ0v) is 10.8. The standard InChI is InChI=1S/C17H9NO3/c19-15-11-7-3-4-8-12(11)18-14-9-5-1-2-6-10(9)16(20)17(21)13(14)15/h1-8H,(H,18,19). The molecule has 3 aromatic rings. The minimum Gasteiger partial charge on any atom is -0.354 e. The lowest BCUT2D eigenvalue weighted by molar-refractivity contribution is 0.0814. The normalized spacial score (nSPS) is 13.1. The number of aromatic amines is 1. The Kier molecular flexibility index (Phi) is 2.24. The van der Waals surface area contributed by atoms with Crippen molar-refractivity contribution in [2.45, 2.75) is 0 Å². The van der Waals surface area contributed by atoms with Gasteiger partial charge in [-0.1, -0.05) is 36.4 Å². The molecule has 1 aliphatic carbocycles. The first kappa shape index (κ1) is 11.8. The molecule has 0 spiro atoms. The number of benzene rings is 2. The molecule has 4 rings (SSSR count). The molecule has 0 saturated heterocycles. The van der Waals surface area contributed by atoms with Crippen molar-refractivity contribution < 1.29 is 9.59 Å². The van der Waals surface area contributed by atoms with Crippen LogP contribution in [0, 0.1) is 0 Å². The molecule has 100 valence electrons. The molecule has 2 aromatic carbocycles. The number of para-hydroxylation sites is 1. The van der Waals surface area contributed by atoms with Gasteiger partial charge < -0.3 is 4.98 Å². The van der Waals surface area contributed by atoms with E-state index >= 15 is 0 Å². The highest BCUT2D eigenvalue weighted by molar-refractivity contribution is 6.53. The first-order valence-corrected chi connectivity index (χ1v) is 6.52. The Morgan fingerprint density at radius 1 is 0.714 bits per heavy atom. The highest BCUT2D eigenvalue weighted by Gasteiger charge is 2.33. The summed E-state index contributed by atoms with van der Waals surface area (Å²) in [7, 11) is 0. The van der Waals surface area contributed by atoms with Crippen LogP contribution in [-0.4, -0.2) is 16.6 Å². The summed E-state index contributed by atoms with van der Waals surface area (Å²) in [4.78, 5) is 40.1. The number of hydrogen-bond acceptors (Lipinski definition) is 3. The van der Waals surface area contributed by atoms with Crippen molar-refractivity contribution >= 4 is 22.5 Å². The predicted octanol–water partition coefficient (Wildman–Crippen LogP) is 2.57. The number of carbonyl (C=O) groups excluding carboxylic acids is 2. The maximum absolute atomic E-state index is 12.5. The van der Waals surface area contributed by atoms with E-state index < -0.39 is 17.0 Å². The second-order valence-electron chi connectivity index (χ2n) is 4.95. The summed E-state index contributed by atoms with van der Waals surface area (Å²) in [6.45, 7) is 0. The molecule has 1 heterocycles. The van der Waals surface area contributed by atoms with Crippen molar-refractivity contribution in [3.05, 3.63) is 69.9 Å². The number of ketones is 2. The molecule has 1 aliphatic rings. The van der Waals surface area contributed by atoms with Crippen LogP contribution in [0.25, 0.3) is 22.2 Å². The summed E-state index contributed by atoms with van der Waals surface area (Å²) in [5.41, 5.74) is 1.56. The number of hydrogen-bond donors (Lipinski definition) is 1. The molecule has 0 saturated carbocycles. The van der Waals surface area contributed by atoms with Crippen molar-refractivity contribution in [2.24, 2.45) is 0 Å². The Morgan fingerprint density at radius 2 is 1.38 bits per heavy atom. The molecule has 21 heavy (non-hydrogen) atoms.